The van der Waals surface area contributed by atoms with Crippen molar-refractivity contribution in [3.8, 4) is 0 Å². The summed E-state index contributed by atoms with van der Waals surface area (Å²) in [5.41, 5.74) is -0.351. The molecule has 0 unspecified atom stereocenters. The molecule has 94 valence electrons. The molecule has 0 saturated carbocycles. The zero-order valence-corrected chi connectivity index (χ0v) is 10.6. The normalized spacial score (nSPS) is 10.6. The molecule has 9 heteroatoms. The van der Waals surface area contributed by atoms with E-state index in [1.54, 1.807) is 7.05 Å². The highest BCUT2D eigenvalue weighted by molar-refractivity contribution is 7.99. The molecule has 0 amide bonds. The van der Waals surface area contributed by atoms with Crippen molar-refractivity contribution < 1.29 is 9.90 Å². The van der Waals surface area contributed by atoms with Crippen LogP contribution in [0.1, 0.15) is 10.4 Å². The molecule has 0 bridgehead atoms. The van der Waals surface area contributed by atoms with Gasteiger partial charge < -0.3 is 5.11 Å². The number of nitrogens with one attached hydrogen (secondary N) is 1. The molecule has 2 aromatic rings. The first-order valence-electron chi connectivity index (χ1n) is 4.67. The van der Waals surface area contributed by atoms with Crippen molar-refractivity contribution in [3.05, 3.63) is 33.3 Å². The molecule has 2 rings (SSSR count). The number of nitrogens with zero attached hydrogens (tertiary/aromatic N) is 3. The predicted octanol–water partition coefficient (Wildman–Crippen LogP) is 1.01. The van der Waals surface area contributed by atoms with Crippen molar-refractivity contribution in [3.63, 3.8) is 0 Å². The minimum absolute atomic E-state index is 0.000247. The minimum atomic E-state index is -1.10. The van der Waals surface area contributed by atoms with Gasteiger partial charge in [0.25, 0.3) is 0 Å². The molecule has 0 saturated heterocycles. The molecular formula is C9H7ClN4O3S. The fourth-order valence-electron chi connectivity index (χ4n) is 1.13. The Balaban J connectivity index is 2.33. The van der Waals surface area contributed by atoms with E-state index in [2.05, 4.69) is 15.2 Å². The smallest absolute Gasteiger partial charge is 0.343 e. The summed E-state index contributed by atoms with van der Waals surface area (Å²) in [6.07, 6.45) is 1.20. The average molecular weight is 287 g/mol. The molecule has 7 nitrogen and oxygen atoms in total. The first-order chi connectivity index (χ1) is 8.49. The van der Waals surface area contributed by atoms with Gasteiger partial charge in [-0.1, -0.05) is 11.6 Å². The Hall–Kier alpha value is -1.80. The van der Waals surface area contributed by atoms with Gasteiger partial charge in [-0.2, -0.15) is 0 Å². The van der Waals surface area contributed by atoms with Gasteiger partial charge in [-0.15, -0.1) is 5.10 Å². The summed E-state index contributed by atoms with van der Waals surface area (Å²) in [5, 5.41) is 15.8. The van der Waals surface area contributed by atoms with E-state index in [9.17, 15) is 9.59 Å². The van der Waals surface area contributed by atoms with E-state index in [-0.39, 0.29) is 16.3 Å². The quantitative estimate of drug-likeness (QED) is 0.873. The Labute approximate surface area is 110 Å². The van der Waals surface area contributed by atoms with Gasteiger partial charge in [0.2, 0.25) is 0 Å². The van der Waals surface area contributed by atoms with Crippen LogP contribution in [-0.4, -0.2) is 30.8 Å². The first kappa shape index (κ1) is 12.7. The third-order valence-electron chi connectivity index (χ3n) is 2.08. The first-order valence-corrected chi connectivity index (χ1v) is 5.86. The lowest BCUT2D eigenvalue weighted by Crippen LogP contribution is -2.12. The van der Waals surface area contributed by atoms with Crippen molar-refractivity contribution in [2.24, 2.45) is 7.05 Å². The summed E-state index contributed by atoms with van der Waals surface area (Å²) < 4.78 is 1.30. The van der Waals surface area contributed by atoms with Gasteiger partial charge in [-0.25, -0.2) is 19.7 Å². The van der Waals surface area contributed by atoms with E-state index in [0.29, 0.717) is 10.2 Å². The third kappa shape index (κ3) is 2.39. The van der Waals surface area contributed by atoms with Crippen LogP contribution in [0.4, 0.5) is 0 Å². The highest BCUT2D eigenvalue weighted by Crippen LogP contribution is 2.29. The van der Waals surface area contributed by atoms with E-state index < -0.39 is 5.97 Å². The monoisotopic (exact) mass is 286 g/mol. The Morgan fingerprint density at radius 2 is 2.33 bits per heavy atom. The average Bonchev–Trinajstić information content (AvgIpc) is 2.63. The van der Waals surface area contributed by atoms with E-state index in [1.807, 2.05) is 0 Å². The van der Waals surface area contributed by atoms with Gasteiger partial charge in [0.1, 0.15) is 5.03 Å². The maximum absolute atomic E-state index is 11.2. The highest BCUT2D eigenvalue weighted by Gasteiger charge is 2.13. The van der Waals surface area contributed by atoms with E-state index >= 15 is 0 Å². The van der Waals surface area contributed by atoms with E-state index in [0.717, 1.165) is 11.8 Å². The van der Waals surface area contributed by atoms with Gasteiger partial charge >= 0.3 is 11.7 Å². The number of aromatic nitrogens is 4. The molecule has 2 aromatic heterocycles. The van der Waals surface area contributed by atoms with Crippen molar-refractivity contribution in [1.82, 2.24) is 19.7 Å². The number of aromatic amines is 1. The Kier molecular flexibility index (Phi) is 3.39. The standard InChI is InChI=1S/C9H7ClN4O3S/c1-14-8(17)12-13-9(14)18-6-5(10)2-4(3-11-6)7(15)16/h2-3H,1H3,(H,12,17)(H,15,16). The number of H-pyrrole nitrogens is 1. The fraction of sp³-hybridized carbons (Fsp3) is 0.111. The molecule has 0 aliphatic carbocycles. The summed E-state index contributed by atoms with van der Waals surface area (Å²) in [7, 11) is 1.55. The van der Waals surface area contributed by atoms with Gasteiger partial charge in [-0.05, 0) is 17.8 Å². The van der Waals surface area contributed by atoms with Crippen LogP contribution in [0.15, 0.2) is 27.2 Å². The number of hydrogen-bond donors (Lipinski definition) is 2. The second-order valence-corrected chi connectivity index (χ2v) is 4.65. The molecule has 0 aliphatic heterocycles. The molecule has 2 heterocycles. The molecule has 0 radical (unpaired) electrons. The molecule has 2 N–H and O–H groups in total. The second-order valence-electron chi connectivity index (χ2n) is 3.29. The van der Waals surface area contributed by atoms with Crippen LogP contribution in [0, 0.1) is 0 Å². The van der Waals surface area contributed by atoms with Gasteiger partial charge in [0.05, 0.1) is 10.6 Å². The van der Waals surface area contributed by atoms with Crippen molar-refractivity contribution >= 4 is 29.3 Å². The van der Waals surface area contributed by atoms with Crippen LogP contribution < -0.4 is 5.69 Å². The van der Waals surface area contributed by atoms with Crippen LogP contribution in [-0.2, 0) is 7.05 Å². The maximum atomic E-state index is 11.2. The van der Waals surface area contributed by atoms with Crippen molar-refractivity contribution in [2.75, 3.05) is 0 Å². The number of carbonyl (C=O) groups is 1. The topological polar surface area (TPSA) is 101 Å². The summed E-state index contributed by atoms with van der Waals surface area (Å²) in [5.74, 6) is -1.10. The SMILES string of the molecule is Cn1c(Sc2ncc(C(=O)O)cc2Cl)n[nH]c1=O. The largest absolute Gasteiger partial charge is 0.478 e. The third-order valence-corrected chi connectivity index (χ3v) is 3.55. The molecule has 0 aromatic carbocycles. The molecule has 0 fully saturated rings. The predicted molar refractivity (Wildman–Crippen MR) is 64.2 cm³/mol. The Morgan fingerprint density at radius 3 is 2.83 bits per heavy atom. The molecule has 0 atom stereocenters. The highest BCUT2D eigenvalue weighted by atomic mass is 35.5. The number of hydrogen-bond acceptors (Lipinski definition) is 5. The van der Waals surface area contributed by atoms with E-state index in [1.165, 1.54) is 16.8 Å². The molecule has 0 aliphatic rings. The summed E-state index contributed by atoms with van der Waals surface area (Å²) >= 11 is 6.98. The summed E-state index contributed by atoms with van der Waals surface area (Å²) in [4.78, 5) is 25.8. The van der Waals surface area contributed by atoms with Gasteiger partial charge in [-0.3, -0.25) is 4.57 Å². The van der Waals surface area contributed by atoms with Crippen LogP contribution >= 0.6 is 23.4 Å². The van der Waals surface area contributed by atoms with E-state index in [4.69, 9.17) is 16.7 Å². The van der Waals surface area contributed by atoms with Crippen LogP contribution in [0.2, 0.25) is 5.02 Å². The molecule has 18 heavy (non-hydrogen) atoms. The number of rotatable bonds is 3. The Bertz CT molecular complexity index is 666. The fourth-order valence-corrected chi connectivity index (χ4v) is 2.16. The number of carboxylic acid groups (broad SMARTS) is 1. The van der Waals surface area contributed by atoms with Crippen LogP contribution in [0.3, 0.4) is 0 Å². The molecule has 0 spiro atoms. The number of carboxylic acids is 1. The van der Waals surface area contributed by atoms with Crippen molar-refractivity contribution in [2.45, 2.75) is 10.2 Å². The maximum Gasteiger partial charge on any atom is 0.343 e. The number of aromatic carboxylic acids is 1. The van der Waals surface area contributed by atoms with Gasteiger partial charge in [0.15, 0.2) is 5.16 Å². The second kappa shape index (κ2) is 4.83. The van der Waals surface area contributed by atoms with Crippen LogP contribution in [0.5, 0.6) is 0 Å². The summed E-state index contributed by atoms with van der Waals surface area (Å²) in [6.45, 7) is 0. The van der Waals surface area contributed by atoms with Gasteiger partial charge in [0, 0.05) is 13.2 Å². The van der Waals surface area contributed by atoms with Crippen LogP contribution in [0.25, 0.3) is 0 Å². The lowest BCUT2D eigenvalue weighted by molar-refractivity contribution is 0.0696. The lowest BCUT2D eigenvalue weighted by atomic mass is 10.3. The minimum Gasteiger partial charge on any atom is -0.478 e. The lowest BCUT2D eigenvalue weighted by Gasteiger charge is -2.02. The number of halogens is 1. The zero-order valence-electron chi connectivity index (χ0n) is 9.05. The summed E-state index contributed by atoms with van der Waals surface area (Å²) in [6, 6.07) is 1.30. The zero-order chi connectivity index (χ0) is 13.3. The number of pyridine rings is 1. The molecular weight excluding hydrogens is 280 g/mol. The Morgan fingerprint density at radius 1 is 1.61 bits per heavy atom. The van der Waals surface area contributed by atoms with Crippen molar-refractivity contribution in [1.29, 1.82) is 0 Å².